The summed E-state index contributed by atoms with van der Waals surface area (Å²) in [6, 6.07) is 12.2. The van der Waals surface area contributed by atoms with Crippen LogP contribution in [-0.4, -0.2) is 26.2 Å². The van der Waals surface area contributed by atoms with E-state index in [-0.39, 0.29) is 0 Å². The number of ether oxygens (including phenoxy) is 1. The lowest BCUT2D eigenvalue weighted by molar-refractivity contribution is 0.414. The Morgan fingerprint density at radius 3 is 2.80 bits per heavy atom. The van der Waals surface area contributed by atoms with E-state index in [9.17, 15) is 0 Å². The van der Waals surface area contributed by atoms with Crippen molar-refractivity contribution in [3.8, 4) is 5.75 Å². The molecule has 0 saturated heterocycles. The molecular formula is C16H21N3O. The Morgan fingerprint density at radius 1 is 1.20 bits per heavy atom. The molecule has 0 aliphatic carbocycles. The molecule has 0 radical (unpaired) electrons. The molecule has 4 heteroatoms. The van der Waals surface area contributed by atoms with Crippen molar-refractivity contribution in [3.05, 3.63) is 53.7 Å². The smallest absolute Gasteiger partial charge is 0.128 e. The number of hydrogen-bond acceptors (Lipinski definition) is 4. The second-order valence-corrected chi connectivity index (χ2v) is 4.76. The lowest BCUT2D eigenvalue weighted by Crippen LogP contribution is -2.18. The van der Waals surface area contributed by atoms with Crippen molar-refractivity contribution >= 4 is 5.82 Å². The monoisotopic (exact) mass is 271 g/mol. The number of aromatic nitrogens is 1. The molecule has 0 unspecified atom stereocenters. The number of anilines is 1. The first kappa shape index (κ1) is 14.3. The SMILES string of the molecule is CNCc1ccnc(N(C)Cc2cccc(OC)c2)c1. The first-order valence-electron chi connectivity index (χ1n) is 6.66. The van der Waals surface area contributed by atoms with Gasteiger partial charge in [0, 0.05) is 26.3 Å². The molecule has 2 aromatic rings. The second-order valence-electron chi connectivity index (χ2n) is 4.76. The molecule has 1 N–H and O–H groups in total. The fraction of sp³-hybridized carbons (Fsp3) is 0.312. The zero-order valence-corrected chi connectivity index (χ0v) is 12.3. The minimum Gasteiger partial charge on any atom is -0.497 e. The van der Waals surface area contributed by atoms with Crippen molar-refractivity contribution in [1.82, 2.24) is 10.3 Å². The van der Waals surface area contributed by atoms with Crippen LogP contribution in [0.1, 0.15) is 11.1 Å². The van der Waals surface area contributed by atoms with Gasteiger partial charge in [0.1, 0.15) is 11.6 Å². The summed E-state index contributed by atoms with van der Waals surface area (Å²) < 4.78 is 5.25. The Balaban J connectivity index is 2.10. The van der Waals surface area contributed by atoms with E-state index in [0.29, 0.717) is 0 Å². The topological polar surface area (TPSA) is 37.4 Å². The van der Waals surface area contributed by atoms with Crippen LogP contribution in [0, 0.1) is 0 Å². The van der Waals surface area contributed by atoms with Gasteiger partial charge in [0.25, 0.3) is 0 Å². The van der Waals surface area contributed by atoms with Gasteiger partial charge in [0.05, 0.1) is 7.11 Å². The Hall–Kier alpha value is -2.07. The molecule has 1 aromatic heterocycles. The molecule has 1 aromatic carbocycles. The summed E-state index contributed by atoms with van der Waals surface area (Å²) in [5, 5.41) is 3.15. The van der Waals surface area contributed by atoms with Gasteiger partial charge in [0.15, 0.2) is 0 Å². The van der Waals surface area contributed by atoms with Gasteiger partial charge in [-0.15, -0.1) is 0 Å². The minimum absolute atomic E-state index is 0.799. The van der Waals surface area contributed by atoms with Crippen LogP contribution >= 0.6 is 0 Å². The third-order valence-electron chi connectivity index (χ3n) is 3.14. The highest BCUT2D eigenvalue weighted by atomic mass is 16.5. The van der Waals surface area contributed by atoms with Gasteiger partial charge in [-0.25, -0.2) is 4.98 Å². The van der Waals surface area contributed by atoms with E-state index in [1.807, 2.05) is 44.6 Å². The van der Waals surface area contributed by atoms with Crippen molar-refractivity contribution < 1.29 is 4.74 Å². The van der Waals surface area contributed by atoms with Crippen LogP contribution in [0.25, 0.3) is 0 Å². The Labute approximate surface area is 120 Å². The molecule has 0 saturated carbocycles. The zero-order valence-electron chi connectivity index (χ0n) is 12.3. The number of pyridine rings is 1. The summed E-state index contributed by atoms with van der Waals surface area (Å²) in [5.41, 5.74) is 2.43. The molecule has 0 aliphatic heterocycles. The highest BCUT2D eigenvalue weighted by molar-refractivity contribution is 5.41. The quantitative estimate of drug-likeness (QED) is 0.875. The van der Waals surface area contributed by atoms with Crippen molar-refractivity contribution in [2.75, 3.05) is 26.1 Å². The standard InChI is InChI=1S/C16H21N3O/c1-17-11-13-7-8-18-16(10-13)19(2)12-14-5-4-6-15(9-14)20-3/h4-10,17H,11-12H2,1-3H3. The fourth-order valence-corrected chi connectivity index (χ4v) is 2.11. The maximum atomic E-state index is 5.25. The molecule has 2 rings (SSSR count). The summed E-state index contributed by atoms with van der Waals surface area (Å²) in [5.74, 6) is 1.85. The van der Waals surface area contributed by atoms with E-state index >= 15 is 0 Å². The van der Waals surface area contributed by atoms with Gasteiger partial charge < -0.3 is 15.0 Å². The Morgan fingerprint density at radius 2 is 2.05 bits per heavy atom. The number of nitrogens with zero attached hydrogens (tertiary/aromatic N) is 2. The number of hydrogen-bond donors (Lipinski definition) is 1. The summed E-state index contributed by atoms with van der Waals surface area (Å²) in [7, 11) is 5.68. The van der Waals surface area contributed by atoms with Crippen molar-refractivity contribution in [1.29, 1.82) is 0 Å². The van der Waals surface area contributed by atoms with Gasteiger partial charge in [-0.1, -0.05) is 12.1 Å². The molecule has 0 amide bonds. The van der Waals surface area contributed by atoms with E-state index in [4.69, 9.17) is 4.74 Å². The van der Waals surface area contributed by atoms with E-state index in [0.717, 1.165) is 24.7 Å². The first-order chi connectivity index (χ1) is 9.72. The van der Waals surface area contributed by atoms with Crippen molar-refractivity contribution in [3.63, 3.8) is 0 Å². The maximum Gasteiger partial charge on any atom is 0.128 e. The number of rotatable bonds is 6. The van der Waals surface area contributed by atoms with Gasteiger partial charge in [0.2, 0.25) is 0 Å². The van der Waals surface area contributed by atoms with Crippen LogP contribution in [0.15, 0.2) is 42.6 Å². The highest BCUT2D eigenvalue weighted by Crippen LogP contribution is 2.17. The van der Waals surface area contributed by atoms with E-state index in [1.54, 1.807) is 7.11 Å². The molecule has 1 heterocycles. The van der Waals surface area contributed by atoms with Crippen molar-refractivity contribution in [2.24, 2.45) is 0 Å². The number of methoxy groups -OCH3 is 1. The maximum absolute atomic E-state index is 5.25. The van der Waals surface area contributed by atoms with Crippen LogP contribution < -0.4 is 15.0 Å². The number of benzene rings is 1. The molecule has 0 spiro atoms. The van der Waals surface area contributed by atoms with Gasteiger partial charge in [-0.2, -0.15) is 0 Å². The summed E-state index contributed by atoms with van der Waals surface area (Å²) in [6.45, 7) is 1.65. The third kappa shape index (κ3) is 3.71. The molecule has 0 atom stereocenters. The Bertz CT molecular complexity index is 557. The van der Waals surface area contributed by atoms with Crippen molar-refractivity contribution in [2.45, 2.75) is 13.1 Å². The van der Waals surface area contributed by atoms with E-state index < -0.39 is 0 Å². The van der Waals surface area contributed by atoms with Gasteiger partial charge in [-0.3, -0.25) is 0 Å². The summed E-state index contributed by atoms with van der Waals surface area (Å²) >= 11 is 0. The molecule has 4 nitrogen and oxygen atoms in total. The van der Waals surface area contributed by atoms with Crippen LogP contribution in [-0.2, 0) is 13.1 Å². The van der Waals surface area contributed by atoms with E-state index in [1.165, 1.54) is 11.1 Å². The lowest BCUT2D eigenvalue weighted by atomic mass is 10.2. The average molecular weight is 271 g/mol. The van der Waals surface area contributed by atoms with Crippen LogP contribution in [0.4, 0.5) is 5.82 Å². The highest BCUT2D eigenvalue weighted by Gasteiger charge is 2.05. The molecule has 0 fully saturated rings. The Kier molecular flexibility index (Phi) is 4.96. The van der Waals surface area contributed by atoms with Gasteiger partial charge >= 0.3 is 0 Å². The lowest BCUT2D eigenvalue weighted by Gasteiger charge is -2.19. The largest absolute Gasteiger partial charge is 0.497 e. The van der Waals surface area contributed by atoms with Crippen LogP contribution in [0.3, 0.4) is 0 Å². The normalized spacial score (nSPS) is 10.3. The number of nitrogens with one attached hydrogen (secondary N) is 1. The zero-order chi connectivity index (χ0) is 14.4. The average Bonchev–Trinajstić information content (AvgIpc) is 2.48. The van der Waals surface area contributed by atoms with Crippen LogP contribution in [0.5, 0.6) is 5.75 Å². The second kappa shape index (κ2) is 6.91. The molecule has 0 aliphatic rings. The van der Waals surface area contributed by atoms with E-state index in [2.05, 4.69) is 27.3 Å². The predicted molar refractivity (Wildman–Crippen MR) is 82.1 cm³/mol. The third-order valence-corrected chi connectivity index (χ3v) is 3.14. The fourth-order valence-electron chi connectivity index (χ4n) is 2.11. The first-order valence-corrected chi connectivity index (χ1v) is 6.66. The molecular weight excluding hydrogens is 250 g/mol. The minimum atomic E-state index is 0.799. The predicted octanol–water partition coefficient (Wildman–Crippen LogP) is 2.45. The summed E-state index contributed by atoms with van der Waals surface area (Å²) in [6.07, 6.45) is 1.85. The molecule has 106 valence electrons. The van der Waals surface area contributed by atoms with Crippen LogP contribution in [0.2, 0.25) is 0 Å². The molecule has 0 bridgehead atoms. The summed E-state index contributed by atoms with van der Waals surface area (Å²) in [4.78, 5) is 6.56. The van der Waals surface area contributed by atoms with Gasteiger partial charge in [-0.05, 0) is 42.4 Å². The molecule has 20 heavy (non-hydrogen) atoms.